The Hall–Kier alpha value is -1.88. The standard InChI is InChI=1S/C20H28N2O3/c23-18(15-7-2-1-3-8-15)13-17-11-6-12-22(17)19(24)14-21-20(25)16-9-4-5-10-16/h1-3,7-8,16-18,23H,4-6,9-14H2,(H,21,25). The Bertz CT molecular complexity index is 584. The molecule has 0 radical (unpaired) electrons. The molecule has 25 heavy (non-hydrogen) atoms. The lowest BCUT2D eigenvalue weighted by molar-refractivity contribution is -0.134. The van der Waals surface area contributed by atoms with E-state index in [1.54, 1.807) is 0 Å². The summed E-state index contributed by atoms with van der Waals surface area (Å²) in [5.74, 6) is 0.0714. The molecule has 2 atom stereocenters. The van der Waals surface area contributed by atoms with Crippen LogP contribution < -0.4 is 5.32 Å². The largest absolute Gasteiger partial charge is 0.388 e. The average Bonchev–Trinajstić information content (AvgIpc) is 3.32. The van der Waals surface area contributed by atoms with E-state index in [0.717, 1.165) is 44.1 Å². The van der Waals surface area contributed by atoms with Crippen molar-refractivity contribution in [2.75, 3.05) is 13.1 Å². The Kier molecular flexibility index (Phi) is 6.08. The van der Waals surface area contributed by atoms with Crippen molar-refractivity contribution >= 4 is 11.8 Å². The van der Waals surface area contributed by atoms with Gasteiger partial charge < -0.3 is 15.3 Å². The molecule has 1 saturated carbocycles. The first-order valence-electron chi connectivity index (χ1n) is 9.45. The van der Waals surface area contributed by atoms with Gasteiger partial charge in [-0.2, -0.15) is 0 Å². The van der Waals surface area contributed by atoms with Crippen LogP contribution >= 0.6 is 0 Å². The zero-order chi connectivity index (χ0) is 17.6. The van der Waals surface area contributed by atoms with Gasteiger partial charge in [0.25, 0.3) is 0 Å². The van der Waals surface area contributed by atoms with Crippen LogP contribution in [0.2, 0.25) is 0 Å². The Balaban J connectivity index is 1.50. The summed E-state index contributed by atoms with van der Waals surface area (Å²) in [7, 11) is 0. The van der Waals surface area contributed by atoms with Crippen molar-refractivity contribution in [2.24, 2.45) is 5.92 Å². The number of likely N-dealkylation sites (tertiary alicyclic amines) is 1. The smallest absolute Gasteiger partial charge is 0.242 e. The monoisotopic (exact) mass is 344 g/mol. The fourth-order valence-corrected chi connectivity index (χ4v) is 4.07. The van der Waals surface area contributed by atoms with Crippen molar-refractivity contribution in [1.29, 1.82) is 0 Å². The first kappa shape index (κ1) is 17.9. The third-order valence-corrected chi connectivity index (χ3v) is 5.52. The summed E-state index contributed by atoms with van der Waals surface area (Å²) in [4.78, 5) is 26.4. The number of nitrogens with one attached hydrogen (secondary N) is 1. The second-order valence-corrected chi connectivity index (χ2v) is 7.24. The maximum Gasteiger partial charge on any atom is 0.242 e. The molecule has 1 aromatic rings. The number of carbonyl (C=O) groups is 2. The molecule has 1 aromatic carbocycles. The predicted molar refractivity (Wildman–Crippen MR) is 95.7 cm³/mol. The number of aliphatic hydroxyl groups excluding tert-OH is 1. The van der Waals surface area contributed by atoms with Crippen molar-refractivity contribution in [3.63, 3.8) is 0 Å². The zero-order valence-electron chi connectivity index (χ0n) is 14.7. The lowest BCUT2D eigenvalue weighted by Crippen LogP contribution is -2.44. The number of aliphatic hydroxyl groups is 1. The molecule has 0 aromatic heterocycles. The van der Waals surface area contributed by atoms with E-state index in [1.165, 1.54) is 0 Å². The summed E-state index contributed by atoms with van der Waals surface area (Å²) in [6.45, 7) is 0.789. The van der Waals surface area contributed by atoms with E-state index in [9.17, 15) is 14.7 Å². The minimum Gasteiger partial charge on any atom is -0.388 e. The van der Waals surface area contributed by atoms with Crippen LogP contribution in [-0.4, -0.2) is 41.0 Å². The molecule has 5 heteroatoms. The van der Waals surface area contributed by atoms with Crippen molar-refractivity contribution in [1.82, 2.24) is 10.2 Å². The summed E-state index contributed by atoms with van der Waals surface area (Å²) in [5, 5.41) is 13.2. The van der Waals surface area contributed by atoms with E-state index >= 15 is 0 Å². The highest BCUT2D eigenvalue weighted by Crippen LogP contribution is 2.27. The van der Waals surface area contributed by atoms with Crippen LogP contribution in [-0.2, 0) is 9.59 Å². The third kappa shape index (κ3) is 4.60. The molecule has 1 aliphatic heterocycles. The van der Waals surface area contributed by atoms with Crippen LogP contribution in [0.5, 0.6) is 0 Å². The zero-order valence-corrected chi connectivity index (χ0v) is 14.7. The molecule has 2 unspecified atom stereocenters. The molecule has 136 valence electrons. The van der Waals surface area contributed by atoms with Crippen molar-refractivity contribution in [3.8, 4) is 0 Å². The van der Waals surface area contributed by atoms with Crippen LogP contribution in [0.3, 0.4) is 0 Å². The van der Waals surface area contributed by atoms with E-state index < -0.39 is 6.10 Å². The number of amides is 2. The SMILES string of the molecule is O=C(NCC(=O)N1CCCC1CC(O)c1ccccc1)C1CCCC1. The van der Waals surface area contributed by atoms with Gasteiger partial charge in [-0.15, -0.1) is 0 Å². The Morgan fingerprint density at radius 1 is 1.12 bits per heavy atom. The molecule has 3 rings (SSSR count). The topological polar surface area (TPSA) is 69.6 Å². The first-order valence-corrected chi connectivity index (χ1v) is 9.45. The van der Waals surface area contributed by atoms with Gasteiger partial charge in [0.05, 0.1) is 12.6 Å². The van der Waals surface area contributed by atoms with Gasteiger partial charge in [0.15, 0.2) is 0 Å². The summed E-state index contributed by atoms with van der Waals surface area (Å²) < 4.78 is 0. The maximum absolute atomic E-state index is 12.5. The van der Waals surface area contributed by atoms with E-state index in [4.69, 9.17) is 0 Å². The predicted octanol–water partition coefficient (Wildman–Crippen LogP) is 2.41. The number of nitrogens with zero attached hydrogens (tertiary/aromatic N) is 1. The van der Waals surface area contributed by atoms with Crippen molar-refractivity contribution in [2.45, 2.75) is 57.1 Å². The van der Waals surface area contributed by atoms with Gasteiger partial charge in [0.2, 0.25) is 11.8 Å². The highest BCUT2D eigenvalue weighted by atomic mass is 16.3. The molecule has 2 aliphatic rings. The molecule has 1 saturated heterocycles. The van der Waals surface area contributed by atoms with E-state index in [2.05, 4.69) is 5.32 Å². The maximum atomic E-state index is 12.5. The van der Waals surface area contributed by atoms with Crippen LogP contribution in [0.1, 0.15) is 56.6 Å². The van der Waals surface area contributed by atoms with Gasteiger partial charge in [-0.1, -0.05) is 43.2 Å². The summed E-state index contributed by atoms with van der Waals surface area (Å²) in [5.41, 5.74) is 0.885. The molecule has 1 aliphatic carbocycles. The van der Waals surface area contributed by atoms with Crippen LogP contribution in [0.25, 0.3) is 0 Å². The highest BCUT2D eigenvalue weighted by molar-refractivity contribution is 5.86. The van der Waals surface area contributed by atoms with Gasteiger partial charge in [0.1, 0.15) is 0 Å². The number of rotatable bonds is 6. The first-order chi connectivity index (χ1) is 12.1. The Labute approximate surface area is 149 Å². The normalized spacial score (nSPS) is 22.1. The third-order valence-electron chi connectivity index (χ3n) is 5.52. The van der Waals surface area contributed by atoms with Crippen LogP contribution in [0, 0.1) is 5.92 Å². The average molecular weight is 344 g/mol. The van der Waals surface area contributed by atoms with Crippen molar-refractivity contribution in [3.05, 3.63) is 35.9 Å². The number of hydrogen-bond acceptors (Lipinski definition) is 3. The number of carbonyl (C=O) groups excluding carboxylic acids is 2. The fourth-order valence-electron chi connectivity index (χ4n) is 4.07. The van der Waals surface area contributed by atoms with Gasteiger partial charge in [-0.3, -0.25) is 9.59 Å². The molecule has 1 heterocycles. The lowest BCUT2D eigenvalue weighted by atomic mass is 10.0. The number of hydrogen-bond donors (Lipinski definition) is 2. The molecular weight excluding hydrogens is 316 g/mol. The Morgan fingerprint density at radius 3 is 2.56 bits per heavy atom. The van der Waals surface area contributed by atoms with E-state index in [-0.39, 0.29) is 30.3 Å². The van der Waals surface area contributed by atoms with E-state index in [1.807, 2.05) is 35.2 Å². The quantitative estimate of drug-likeness (QED) is 0.832. The van der Waals surface area contributed by atoms with E-state index in [0.29, 0.717) is 13.0 Å². The Morgan fingerprint density at radius 2 is 1.84 bits per heavy atom. The second-order valence-electron chi connectivity index (χ2n) is 7.24. The van der Waals surface area contributed by atoms with Crippen LogP contribution in [0.15, 0.2) is 30.3 Å². The van der Waals surface area contributed by atoms with Gasteiger partial charge in [-0.25, -0.2) is 0 Å². The fraction of sp³-hybridized carbons (Fsp3) is 0.600. The minimum atomic E-state index is -0.562. The lowest BCUT2D eigenvalue weighted by Gasteiger charge is -2.27. The highest BCUT2D eigenvalue weighted by Gasteiger charge is 2.31. The second kappa shape index (κ2) is 8.48. The number of benzene rings is 1. The molecule has 2 amide bonds. The molecule has 2 fully saturated rings. The minimum absolute atomic E-state index is 0.0194. The van der Waals surface area contributed by atoms with Crippen LogP contribution in [0.4, 0.5) is 0 Å². The molecule has 5 nitrogen and oxygen atoms in total. The van der Waals surface area contributed by atoms with Gasteiger partial charge in [0, 0.05) is 18.5 Å². The molecular formula is C20H28N2O3. The summed E-state index contributed by atoms with van der Waals surface area (Å²) in [6, 6.07) is 9.62. The molecule has 0 bridgehead atoms. The molecule has 0 spiro atoms. The molecule has 2 N–H and O–H groups in total. The summed E-state index contributed by atoms with van der Waals surface area (Å²) >= 11 is 0. The van der Waals surface area contributed by atoms with Gasteiger partial charge in [-0.05, 0) is 37.7 Å². The van der Waals surface area contributed by atoms with Crippen molar-refractivity contribution < 1.29 is 14.7 Å². The summed E-state index contributed by atoms with van der Waals surface area (Å²) in [6.07, 6.45) is 5.95. The van der Waals surface area contributed by atoms with Gasteiger partial charge >= 0.3 is 0 Å².